The zero-order valence-corrected chi connectivity index (χ0v) is 11.7. The highest BCUT2D eigenvalue weighted by Gasteiger charge is 2.15. The Kier molecular flexibility index (Phi) is 5.18. The summed E-state index contributed by atoms with van der Waals surface area (Å²) in [5.74, 6) is 0. The van der Waals surface area contributed by atoms with Gasteiger partial charge in [0, 0.05) is 7.11 Å². The average Bonchev–Trinajstić information content (AvgIpc) is 2.24. The van der Waals surface area contributed by atoms with E-state index < -0.39 is 8.07 Å². The molecule has 0 aliphatic carbocycles. The van der Waals surface area contributed by atoms with Crippen molar-refractivity contribution in [2.24, 2.45) is 0 Å². The molecule has 0 fully saturated rings. The minimum absolute atomic E-state index is 0.659. The maximum atomic E-state index is 5.47. The topological polar surface area (TPSA) is 18.5 Å². The second kappa shape index (κ2) is 6.18. The Morgan fingerprint density at radius 1 is 1.00 bits per heavy atom. The van der Waals surface area contributed by atoms with E-state index in [-0.39, 0.29) is 0 Å². The van der Waals surface area contributed by atoms with Crippen LogP contribution in [0.25, 0.3) is 0 Å². The normalized spacial score (nSPS) is 11.8. The summed E-state index contributed by atoms with van der Waals surface area (Å²) in [6, 6.07) is 8.81. The van der Waals surface area contributed by atoms with Gasteiger partial charge in [0.2, 0.25) is 0 Å². The minimum atomic E-state index is -1.16. The van der Waals surface area contributed by atoms with Crippen LogP contribution in [0.5, 0.6) is 0 Å². The summed E-state index contributed by atoms with van der Waals surface area (Å²) < 4.78 is 10.4. The van der Waals surface area contributed by atoms with Gasteiger partial charge in [0.05, 0.1) is 27.9 Å². The maximum absolute atomic E-state index is 5.47. The lowest BCUT2D eigenvalue weighted by Crippen LogP contribution is -2.37. The molecule has 90 valence electrons. The first-order chi connectivity index (χ1) is 7.54. The molecule has 0 atom stereocenters. The predicted molar refractivity (Wildman–Crippen MR) is 71.0 cm³/mol. The number of hydrogen-bond acceptors (Lipinski definition) is 2. The van der Waals surface area contributed by atoms with E-state index >= 15 is 0 Å². The predicted octanol–water partition coefficient (Wildman–Crippen LogP) is 2.39. The highest BCUT2D eigenvalue weighted by molar-refractivity contribution is 6.88. The van der Waals surface area contributed by atoms with E-state index in [1.807, 2.05) is 0 Å². The molecule has 0 aliphatic rings. The molecule has 16 heavy (non-hydrogen) atoms. The van der Waals surface area contributed by atoms with E-state index in [4.69, 9.17) is 9.47 Å². The Hall–Kier alpha value is -0.643. The van der Waals surface area contributed by atoms with Gasteiger partial charge in [-0.3, -0.25) is 0 Å². The number of hydrogen-bond donors (Lipinski definition) is 0. The standard InChI is InChI=1S/C13H22O2Si/c1-14-9-10-15-11-12-5-7-13(8-6-12)16(2,3)4/h5-8H,9-11H2,1-4H3. The van der Waals surface area contributed by atoms with Crippen LogP contribution in [-0.2, 0) is 16.1 Å². The van der Waals surface area contributed by atoms with E-state index in [2.05, 4.69) is 43.9 Å². The molecule has 1 rings (SSSR count). The molecule has 0 radical (unpaired) electrons. The van der Waals surface area contributed by atoms with Crippen LogP contribution in [0.4, 0.5) is 0 Å². The van der Waals surface area contributed by atoms with E-state index in [0.717, 1.165) is 0 Å². The summed E-state index contributed by atoms with van der Waals surface area (Å²) in [4.78, 5) is 0. The van der Waals surface area contributed by atoms with Crippen molar-refractivity contribution in [2.45, 2.75) is 26.2 Å². The molecule has 0 saturated carbocycles. The quantitative estimate of drug-likeness (QED) is 0.560. The molecule has 1 aromatic carbocycles. The first kappa shape index (κ1) is 13.4. The zero-order chi connectivity index (χ0) is 12.0. The Morgan fingerprint density at radius 2 is 1.62 bits per heavy atom. The highest BCUT2D eigenvalue weighted by atomic mass is 28.3. The number of methoxy groups -OCH3 is 1. The van der Waals surface area contributed by atoms with Crippen LogP contribution in [-0.4, -0.2) is 28.4 Å². The van der Waals surface area contributed by atoms with Crippen molar-refractivity contribution in [1.29, 1.82) is 0 Å². The molecule has 0 saturated heterocycles. The molecule has 0 N–H and O–H groups in total. The van der Waals surface area contributed by atoms with Crippen molar-refractivity contribution in [3.63, 3.8) is 0 Å². The molecule has 0 aromatic heterocycles. The maximum Gasteiger partial charge on any atom is 0.0775 e. The summed E-state index contributed by atoms with van der Waals surface area (Å²) >= 11 is 0. The van der Waals surface area contributed by atoms with Crippen LogP contribution in [0.15, 0.2) is 24.3 Å². The molecule has 2 nitrogen and oxygen atoms in total. The lowest BCUT2D eigenvalue weighted by atomic mass is 10.2. The van der Waals surface area contributed by atoms with Gasteiger partial charge >= 0.3 is 0 Å². The fourth-order valence-corrected chi connectivity index (χ4v) is 2.60. The van der Waals surface area contributed by atoms with Gasteiger partial charge in [0.25, 0.3) is 0 Å². The fourth-order valence-electron chi connectivity index (χ4n) is 1.43. The van der Waals surface area contributed by atoms with E-state index in [1.165, 1.54) is 10.8 Å². The van der Waals surface area contributed by atoms with Crippen molar-refractivity contribution >= 4 is 13.3 Å². The van der Waals surface area contributed by atoms with Crippen LogP contribution in [0.3, 0.4) is 0 Å². The van der Waals surface area contributed by atoms with Gasteiger partial charge in [-0.25, -0.2) is 0 Å². The lowest BCUT2D eigenvalue weighted by Gasteiger charge is -2.16. The SMILES string of the molecule is COCCOCc1ccc([Si](C)(C)C)cc1. The highest BCUT2D eigenvalue weighted by Crippen LogP contribution is 2.05. The summed E-state index contributed by atoms with van der Waals surface area (Å²) in [6.07, 6.45) is 0. The van der Waals surface area contributed by atoms with Gasteiger partial charge < -0.3 is 9.47 Å². The molecule has 3 heteroatoms. The Labute approximate surface area is 99.6 Å². The van der Waals surface area contributed by atoms with Crippen molar-refractivity contribution in [3.05, 3.63) is 29.8 Å². The van der Waals surface area contributed by atoms with Crippen molar-refractivity contribution in [2.75, 3.05) is 20.3 Å². The number of ether oxygens (including phenoxy) is 2. The molecular formula is C13H22O2Si. The second-order valence-electron chi connectivity index (χ2n) is 4.99. The van der Waals surface area contributed by atoms with Crippen LogP contribution >= 0.6 is 0 Å². The molecule has 0 unspecified atom stereocenters. The van der Waals surface area contributed by atoms with Gasteiger partial charge in [0.1, 0.15) is 0 Å². The summed E-state index contributed by atoms with van der Waals surface area (Å²) in [6.45, 7) is 9.07. The minimum Gasteiger partial charge on any atom is -0.382 e. The molecule has 0 bridgehead atoms. The van der Waals surface area contributed by atoms with Crippen molar-refractivity contribution in [3.8, 4) is 0 Å². The van der Waals surface area contributed by atoms with Crippen molar-refractivity contribution < 1.29 is 9.47 Å². The Morgan fingerprint density at radius 3 is 2.12 bits per heavy atom. The number of rotatable bonds is 6. The Balaban J connectivity index is 2.46. The smallest absolute Gasteiger partial charge is 0.0775 e. The lowest BCUT2D eigenvalue weighted by molar-refractivity contribution is 0.0617. The van der Waals surface area contributed by atoms with Gasteiger partial charge in [-0.05, 0) is 5.56 Å². The Bertz CT molecular complexity index is 301. The average molecular weight is 238 g/mol. The van der Waals surface area contributed by atoms with Gasteiger partial charge in [-0.1, -0.05) is 49.1 Å². The second-order valence-corrected chi connectivity index (χ2v) is 10.1. The molecular weight excluding hydrogens is 216 g/mol. The van der Waals surface area contributed by atoms with Gasteiger partial charge in [-0.15, -0.1) is 0 Å². The summed E-state index contributed by atoms with van der Waals surface area (Å²) in [7, 11) is 0.526. The van der Waals surface area contributed by atoms with E-state index in [1.54, 1.807) is 7.11 Å². The van der Waals surface area contributed by atoms with Crippen LogP contribution < -0.4 is 5.19 Å². The largest absolute Gasteiger partial charge is 0.382 e. The fraction of sp³-hybridized carbons (Fsp3) is 0.538. The summed E-state index contributed by atoms with van der Waals surface area (Å²) in [5, 5.41) is 1.49. The first-order valence-electron chi connectivity index (χ1n) is 5.70. The zero-order valence-electron chi connectivity index (χ0n) is 10.7. The van der Waals surface area contributed by atoms with Crippen molar-refractivity contribution in [1.82, 2.24) is 0 Å². The molecule has 0 aliphatic heterocycles. The van der Waals surface area contributed by atoms with Gasteiger partial charge in [0.15, 0.2) is 0 Å². The third-order valence-electron chi connectivity index (χ3n) is 2.52. The third-order valence-corrected chi connectivity index (χ3v) is 4.59. The van der Waals surface area contributed by atoms with Gasteiger partial charge in [-0.2, -0.15) is 0 Å². The molecule has 0 heterocycles. The van der Waals surface area contributed by atoms with Crippen LogP contribution in [0.1, 0.15) is 5.56 Å². The van der Waals surface area contributed by atoms with Crippen LogP contribution in [0, 0.1) is 0 Å². The van der Waals surface area contributed by atoms with E-state index in [9.17, 15) is 0 Å². The molecule has 0 spiro atoms. The third kappa shape index (κ3) is 4.47. The molecule has 0 amide bonds. The molecule has 1 aromatic rings. The first-order valence-corrected chi connectivity index (χ1v) is 9.20. The number of benzene rings is 1. The monoisotopic (exact) mass is 238 g/mol. The van der Waals surface area contributed by atoms with Crippen LogP contribution in [0.2, 0.25) is 19.6 Å². The van der Waals surface area contributed by atoms with E-state index in [0.29, 0.717) is 19.8 Å². The summed E-state index contributed by atoms with van der Waals surface area (Å²) in [5.41, 5.74) is 1.23.